The normalized spacial score (nSPS) is 11.4. The van der Waals surface area contributed by atoms with E-state index in [1.807, 2.05) is 6.07 Å². The average molecular weight is 452 g/mol. The number of hydrogen-bond donors (Lipinski definition) is 1. The molecule has 1 heterocycles. The van der Waals surface area contributed by atoms with E-state index in [0.29, 0.717) is 37.6 Å². The number of nitrogens with one attached hydrogen (secondary N) is 1. The van der Waals surface area contributed by atoms with Crippen LogP contribution in [-0.2, 0) is 27.8 Å². The summed E-state index contributed by atoms with van der Waals surface area (Å²) < 4.78 is 38.3. The molecule has 0 aliphatic heterocycles. The van der Waals surface area contributed by atoms with Crippen LogP contribution in [0.3, 0.4) is 0 Å². The summed E-state index contributed by atoms with van der Waals surface area (Å²) in [6.07, 6.45) is 1.71. The summed E-state index contributed by atoms with van der Waals surface area (Å²) >= 11 is 0. The fraction of sp³-hybridized carbons (Fsp3) is 0.429. The molecule has 0 aliphatic carbocycles. The monoisotopic (exact) mass is 451 g/mol. The number of carbonyl (C=O) groups is 1. The molecule has 1 aromatic heterocycles. The summed E-state index contributed by atoms with van der Waals surface area (Å²) in [4.78, 5) is 24.5. The highest BCUT2D eigenvalue weighted by Gasteiger charge is 2.22. The van der Waals surface area contributed by atoms with E-state index in [0.717, 1.165) is 16.2 Å². The van der Waals surface area contributed by atoms with Gasteiger partial charge in [0.25, 0.3) is 5.56 Å². The van der Waals surface area contributed by atoms with E-state index >= 15 is 0 Å². The van der Waals surface area contributed by atoms with Crippen molar-refractivity contribution in [2.75, 3.05) is 33.9 Å². The van der Waals surface area contributed by atoms with Gasteiger partial charge in [-0.15, -0.1) is 0 Å². The molecule has 0 spiro atoms. The fourth-order valence-corrected chi connectivity index (χ4v) is 4.60. The standard InChI is InChI=1S/C21H29N3O6S/c1-5-24(6-2)31(27,28)18-8-10-21(26)23(14-18)15-20(25)22-12-11-16-13-17(29-3)7-9-19(16)30-4/h7-10,13-14H,5-6,11-12,15H2,1-4H3,(H,22,25). The van der Waals surface area contributed by atoms with Gasteiger partial charge in [-0.2, -0.15) is 4.31 Å². The van der Waals surface area contributed by atoms with Gasteiger partial charge in [-0.05, 0) is 36.2 Å². The maximum absolute atomic E-state index is 12.7. The first-order valence-corrected chi connectivity index (χ1v) is 11.4. The molecule has 1 amide bonds. The highest BCUT2D eigenvalue weighted by atomic mass is 32.2. The zero-order valence-electron chi connectivity index (χ0n) is 18.3. The van der Waals surface area contributed by atoms with Gasteiger partial charge in [0.2, 0.25) is 15.9 Å². The summed E-state index contributed by atoms with van der Waals surface area (Å²) in [6.45, 7) is 4.13. The lowest BCUT2D eigenvalue weighted by Gasteiger charge is -2.19. The molecule has 0 atom stereocenters. The van der Waals surface area contributed by atoms with Gasteiger partial charge in [0.1, 0.15) is 18.0 Å². The van der Waals surface area contributed by atoms with Gasteiger partial charge in [-0.25, -0.2) is 8.42 Å². The van der Waals surface area contributed by atoms with Crippen molar-refractivity contribution >= 4 is 15.9 Å². The molecule has 10 heteroatoms. The number of nitrogens with zero attached hydrogens (tertiary/aromatic N) is 2. The van der Waals surface area contributed by atoms with Crippen molar-refractivity contribution in [3.05, 3.63) is 52.4 Å². The third kappa shape index (κ3) is 6.08. The lowest BCUT2D eigenvalue weighted by molar-refractivity contribution is -0.121. The van der Waals surface area contributed by atoms with Crippen LogP contribution in [0.4, 0.5) is 0 Å². The minimum absolute atomic E-state index is 0.0234. The van der Waals surface area contributed by atoms with Crippen molar-refractivity contribution in [1.82, 2.24) is 14.2 Å². The molecule has 0 saturated carbocycles. The van der Waals surface area contributed by atoms with E-state index in [4.69, 9.17) is 9.47 Å². The van der Waals surface area contributed by atoms with Crippen LogP contribution in [0.25, 0.3) is 0 Å². The molecule has 0 aliphatic rings. The fourth-order valence-electron chi connectivity index (χ4n) is 3.12. The summed E-state index contributed by atoms with van der Waals surface area (Å²) in [6, 6.07) is 7.82. The Morgan fingerprint density at radius 3 is 2.42 bits per heavy atom. The molecule has 0 unspecified atom stereocenters. The van der Waals surface area contributed by atoms with Crippen LogP contribution in [0, 0.1) is 0 Å². The van der Waals surface area contributed by atoms with Crippen LogP contribution in [0.5, 0.6) is 11.5 Å². The Morgan fingerprint density at radius 2 is 1.81 bits per heavy atom. The summed E-state index contributed by atoms with van der Waals surface area (Å²) in [5.74, 6) is 0.960. The first-order chi connectivity index (χ1) is 14.8. The quantitative estimate of drug-likeness (QED) is 0.551. The van der Waals surface area contributed by atoms with Crippen LogP contribution in [0.1, 0.15) is 19.4 Å². The molecule has 0 radical (unpaired) electrons. The molecule has 0 saturated heterocycles. The molecule has 0 bridgehead atoms. The van der Waals surface area contributed by atoms with Crippen LogP contribution in [-0.4, -0.2) is 57.1 Å². The summed E-state index contributed by atoms with van der Waals surface area (Å²) in [5, 5.41) is 2.74. The number of carbonyl (C=O) groups excluding carboxylic acids is 1. The first-order valence-electron chi connectivity index (χ1n) is 9.95. The van der Waals surface area contributed by atoms with Crippen LogP contribution in [0.2, 0.25) is 0 Å². The lowest BCUT2D eigenvalue weighted by Crippen LogP contribution is -2.35. The third-order valence-corrected chi connectivity index (χ3v) is 6.85. The number of hydrogen-bond acceptors (Lipinski definition) is 6. The van der Waals surface area contributed by atoms with E-state index in [1.165, 1.54) is 16.6 Å². The number of ether oxygens (including phenoxy) is 2. The molecule has 2 rings (SSSR count). The van der Waals surface area contributed by atoms with Gasteiger partial charge in [-0.3, -0.25) is 9.59 Å². The van der Waals surface area contributed by atoms with E-state index < -0.39 is 21.5 Å². The van der Waals surface area contributed by atoms with E-state index in [2.05, 4.69) is 5.32 Å². The van der Waals surface area contributed by atoms with Crippen molar-refractivity contribution in [3.8, 4) is 11.5 Å². The predicted octanol–water partition coefficient (Wildman–Crippen LogP) is 1.25. The number of sulfonamides is 1. The topological polar surface area (TPSA) is 107 Å². The van der Waals surface area contributed by atoms with E-state index in [-0.39, 0.29) is 11.4 Å². The van der Waals surface area contributed by atoms with Crippen molar-refractivity contribution in [2.24, 2.45) is 0 Å². The second kappa shape index (κ2) is 11.0. The van der Waals surface area contributed by atoms with Gasteiger partial charge < -0.3 is 19.4 Å². The zero-order chi connectivity index (χ0) is 23.0. The summed E-state index contributed by atoms with van der Waals surface area (Å²) in [5.41, 5.74) is 0.412. The Kier molecular flexibility index (Phi) is 8.64. The number of methoxy groups -OCH3 is 2. The average Bonchev–Trinajstić information content (AvgIpc) is 2.75. The number of aromatic nitrogens is 1. The first kappa shape index (κ1) is 24.4. The smallest absolute Gasteiger partial charge is 0.251 e. The van der Waals surface area contributed by atoms with E-state index in [1.54, 1.807) is 40.2 Å². The Balaban J connectivity index is 2.07. The van der Waals surface area contributed by atoms with E-state index in [9.17, 15) is 18.0 Å². The Bertz CT molecular complexity index is 1060. The molecule has 170 valence electrons. The third-order valence-electron chi connectivity index (χ3n) is 4.82. The minimum atomic E-state index is -3.73. The molecular formula is C21H29N3O6S. The van der Waals surface area contributed by atoms with Gasteiger partial charge in [0.15, 0.2) is 0 Å². The summed E-state index contributed by atoms with van der Waals surface area (Å²) in [7, 11) is -0.593. The minimum Gasteiger partial charge on any atom is -0.497 e. The van der Waals surface area contributed by atoms with Gasteiger partial charge in [-0.1, -0.05) is 13.8 Å². The molecule has 1 aromatic carbocycles. The molecule has 2 aromatic rings. The second-order valence-electron chi connectivity index (χ2n) is 6.70. The SMILES string of the molecule is CCN(CC)S(=O)(=O)c1ccc(=O)n(CC(=O)NCCc2cc(OC)ccc2OC)c1. The number of benzene rings is 1. The Labute approximate surface area is 182 Å². The Hall–Kier alpha value is -2.85. The molecule has 31 heavy (non-hydrogen) atoms. The molecule has 1 N–H and O–H groups in total. The lowest BCUT2D eigenvalue weighted by atomic mass is 10.1. The van der Waals surface area contributed by atoms with Gasteiger partial charge in [0.05, 0.1) is 19.1 Å². The number of amides is 1. The second-order valence-corrected chi connectivity index (χ2v) is 8.64. The Morgan fingerprint density at radius 1 is 1.10 bits per heavy atom. The highest BCUT2D eigenvalue weighted by Crippen LogP contribution is 2.24. The van der Waals surface area contributed by atoms with Crippen molar-refractivity contribution in [1.29, 1.82) is 0 Å². The molecular weight excluding hydrogens is 422 g/mol. The number of rotatable bonds is 11. The van der Waals surface area contributed by atoms with Gasteiger partial charge >= 0.3 is 0 Å². The molecule has 9 nitrogen and oxygen atoms in total. The van der Waals surface area contributed by atoms with Crippen molar-refractivity contribution in [3.63, 3.8) is 0 Å². The maximum Gasteiger partial charge on any atom is 0.251 e. The zero-order valence-corrected chi connectivity index (χ0v) is 19.1. The van der Waals surface area contributed by atoms with Crippen molar-refractivity contribution < 1.29 is 22.7 Å². The van der Waals surface area contributed by atoms with Crippen LogP contribution in [0.15, 0.2) is 46.2 Å². The highest BCUT2D eigenvalue weighted by molar-refractivity contribution is 7.89. The van der Waals surface area contributed by atoms with Crippen LogP contribution < -0.4 is 20.3 Å². The predicted molar refractivity (Wildman–Crippen MR) is 117 cm³/mol. The maximum atomic E-state index is 12.7. The van der Waals surface area contributed by atoms with Crippen molar-refractivity contribution in [2.45, 2.75) is 31.7 Å². The van der Waals surface area contributed by atoms with Gasteiger partial charge in [0, 0.05) is 31.9 Å². The largest absolute Gasteiger partial charge is 0.497 e. The number of pyridine rings is 1. The molecule has 0 fully saturated rings. The van der Waals surface area contributed by atoms with Crippen LogP contribution >= 0.6 is 0 Å².